The van der Waals surface area contributed by atoms with Crippen LogP contribution in [0.1, 0.15) is 18.4 Å². The topological polar surface area (TPSA) is 67.4 Å². The van der Waals surface area contributed by atoms with E-state index in [1.54, 1.807) is 0 Å². The van der Waals surface area contributed by atoms with Crippen LogP contribution in [0, 0.1) is 0 Å². The van der Waals surface area contributed by atoms with Crippen LogP contribution < -0.4 is 15.6 Å². The van der Waals surface area contributed by atoms with Gasteiger partial charge >= 0.3 is 0 Å². The van der Waals surface area contributed by atoms with E-state index < -0.39 is 0 Å². The van der Waals surface area contributed by atoms with Crippen LogP contribution in [0.25, 0.3) is 10.8 Å². The number of amides is 2. The molecular weight excluding hydrogens is 420 g/mol. The summed E-state index contributed by atoms with van der Waals surface area (Å²) in [5.41, 5.74) is 5.86. The third-order valence-electron chi connectivity index (χ3n) is 4.19. The van der Waals surface area contributed by atoms with Gasteiger partial charge in [-0.3, -0.25) is 20.4 Å². The number of fused-ring (bicyclic) bond motifs is 1. The smallest absolute Gasteiger partial charge is 0.242 e. The number of benzene rings is 3. The molecule has 0 atom stereocenters. The fourth-order valence-corrected chi connectivity index (χ4v) is 3.22. The SMILES string of the molecule is O=C(CCCOc1cccc(Br)c1)NNC(=O)Cc1cccc2ccccc12. The van der Waals surface area contributed by atoms with Crippen LogP contribution in [0.5, 0.6) is 5.75 Å². The number of halogens is 1. The fraction of sp³-hybridized carbons (Fsp3) is 0.182. The number of carbonyl (C=O) groups is 2. The van der Waals surface area contributed by atoms with Crippen molar-refractivity contribution in [3.63, 3.8) is 0 Å². The third-order valence-corrected chi connectivity index (χ3v) is 4.68. The molecule has 0 bridgehead atoms. The zero-order valence-electron chi connectivity index (χ0n) is 15.3. The van der Waals surface area contributed by atoms with Crippen molar-refractivity contribution < 1.29 is 14.3 Å². The second kappa shape index (κ2) is 9.90. The van der Waals surface area contributed by atoms with Crippen LogP contribution >= 0.6 is 15.9 Å². The van der Waals surface area contributed by atoms with Crippen LogP contribution in [0.2, 0.25) is 0 Å². The normalized spacial score (nSPS) is 10.5. The van der Waals surface area contributed by atoms with E-state index in [4.69, 9.17) is 4.74 Å². The average molecular weight is 441 g/mol. The summed E-state index contributed by atoms with van der Waals surface area (Å²) in [6.45, 7) is 0.424. The predicted molar refractivity (Wildman–Crippen MR) is 113 cm³/mol. The lowest BCUT2D eigenvalue weighted by molar-refractivity contribution is -0.128. The third kappa shape index (κ3) is 5.82. The van der Waals surface area contributed by atoms with Gasteiger partial charge in [-0.25, -0.2) is 0 Å². The lowest BCUT2D eigenvalue weighted by Gasteiger charge is -2.10. The monoisotopic (exact) mass is 440 g/mol. The average Bonchev–Trinajstić information content (AvgIpc) is 2.70. The minimum absolute atomic E-state index is 0.202. The summed E-state index contributed by atoms with van der Waals surface area (Å²) in [7, 11) is 0. The fourth-order valence-electron chi connectivity index (χ4n) is 2.85. The summed E-state index contributed by atoms with van der Waals surface area (Å²) < 4.78 is 6.53. The van der Waals surface area contributed by atoms with Gasteiger partial charge in [0.15, 0.2) is 0 Å². The number of hydrazine groups is 1. The Kier molecular flexibility index (Phi) is 7.03. The van der Waals surface area contributed by atoms with Crippen LogP contribution in [0.3, 0.4) is 0 Å². The molecular formula is C22H21BrN2O3. The second-order valence-electron chi connectivity index (χ2n) is 6.32. The van der Waals surface area contributed by atoms with Gasteiger partial charge < -0.3 is 4.74 Å². The molecule has 3 aromatic rings. The van der Waals surface area contributed by atoms with Gasteiger partial charge in [0.1, 0.15) is 5.75 Å². The van der Waals surface area contributed by atoms with Crippen molar-refractivity contribution in [2.45, 2.75) is 19.3 Å². The van der Waals surface area contributed by atoms with E-state index >= 15 is 0 Å². The molecule has 0 unspecified atom stereocenters. The van der Waals surface area contributed by atoms with Gasteiger partial charge in [0.2, 0.25) is 11.8 Å². The number of carbonyl (C=O) groups excluding carboxylic acids is 2. The van der Waals surface area contributed by atoms with Gasteiger partial charge in [-0.2, -0.15) is 0 Å². The van der Waals surface area contributed by atoms with E-state index in [1.165, 1.54) is 0 Å². The summed E-state index contributed by atoms with van der Waals surface area (Å²) in [6, 6.07) is 21.3. The summed E-state index contributed by atoms with van der Waals surface area (Å²) in [4.78, 5) is 24.0. The lowest BCUT2D eigenvalue weighted by Crippen LogP contribution is -2.42. The first-order valence-corrected chi connectivity index (χ1v) is 9.84. The van der Waals surface area contributed by atoms with E-state index in [9.17, 15) is 9.59 Å². The summed E-state index contributed by atoms with van der Waals surface area (Å²) in [6.07, 6.45) is 1.02. The van der Waals surface area contributed by atoms with Crippen LogP contribution in [0.4, 0.5) is 0 Å². The Balaban J connectivity index is 1.38. The standard InChI is InChI=1S/C22H21BrN2O3/c23-18-9-4-10-19(15-18)28-13-5-12-21(26)24-25-22(27)14-17-8-3-7-16-6-1-2-11-20(16)17/h1-4,6-11,15H,5,12-14H2,(H,24,26)(H,25,27). The van der Waals surface area contributed by atoms with Crippen molar-refractivity contribution in [1.82, 2.24) is 10.9 Å². The van der Waals surface area contributed by atoms with Gasteiger partial charge in [-0.15, -0.1) is 0 Å². The quantitative estimate of drug-likeness (QED) is 0.428. The van der Waals surface area contributed by atoms with Crippen molar-refractivity contribution in [1.29, 1.82) is 0 Å². The van der Waals surface area contributed by atoms with Crippen molar-refractivity contribution in [3.05, 3.63) is 76.8 Å². The van der Waals surface area contributed by atoms with Gasteiger partial charge in [-0.05, 0) is 41.0 Å². The molecule has 0 spiro atoms. The Morgan fingerprint density at radius 1 is 0.893 bits per heavy atom. The predicted octanol–water partition coefficient (Wildman–Crippen LogP) is 4.15. The maximum atomic E-state index is 12.2. The number of nitrogens with one attached hydrogen (secondary N) is 2. The van der Waals surface area contributed by atoms with Gasteiger partial charge in [0, 0.05) is 10.9 Å². The van der Waals surface area contributed by atoms with Gasteiger partial charge in [0.05, 0.1) is 13.0 Å². The number of hydrogen-bond donors (Lipinski definition) is 2. The molecule has 2 amide bonds. The highest BCUT2D eigenvalue weighted by Crippen LogP contribution is 2.19. The zero-order chi connectivity index (χ0) is 19.8. The first kappa shape index (κ1) is 19.9. The Hall–Kier alpha value is -2.86. The van der Waals surface area contributed by atoms with Gasteiger partial charge in [0.25, 0.3) is 0 Å². The van der Waals surface area contributed by atoms with Crippen molar-refractivity contribution in [2.24, 2.45) is 0 Å². The minimum atomic E-state index is -0.255. The number of rotatable bonds is 7. The Bertz CT molecular complexity index is 969. The molecule has 0 saturated carbocycles. The van der Waals surface area contributed by atoms with Crippen LogP contribution in [-0.2, 0) is 16.0 Å². The first-order valence-electron chi connectivity index (χ1n) is 9.04. The molecule has 0 aromatic heterocycles. The molecule has 0 fully saturated rings. The molecule has 6 heteroatoms. The van der Waals surface area contributed by atoms with E-state index in [2.05, 4.69) is 26.8 Å². The highest BCUT2D eigenvalue weighted by atomic mass is 79.9. The second-order valence-corrected chi connectivity index (χ2v) is 7.24. The van der Waals surface area contributed by atoms with E-state index in [1.807, 2.05) is 66.7 Å². The van der Waals surface area contributed by atoms with Crippen molar-refractivity contribution >= 4 is 38.5 Å². The lowest BCUT2D eigenvalue weighted by atomic mass is 10.0. The van der Waals surface area contributed by atoms with E-state index in [0.717, 1.165) is 26.6 Å². The maximum absolute atomic E-state index is 12.2. The molecule has 0 saturated heterocycles. The molecule has 0 aliphatic heterocycles. The highest BCUT2D eigenvalue weighted by Gasteiger charge is 2.08. The molecule has 3 aromatic carbocycles. The summed E-state index contributed by atoms with van der Waals surface area (Å²) in [5, 5.41) is 2.12. The molecule has 5 nitrogen and oxygen atoms in total. The first-order chi connectivity index (χ1) is 13.6. The largest absolute Gasteiger partial charge is 0.494 e. The summed E-state index contributed by atoms with van der Waals surface area (Å²) >= 11 is 3.38. The molecule has 0 radical (unpaired) electrons. The van der Waals surface area contributed by atoms with Crippen molar-refractivity contribution in [2.75, 3.05) is 6.61 Å². The molecule has 0 aliphatic carbocycles. The Morgan fingerprint density at radius 2 is 1.64 bits per heavy atom. The van der Waals surface area contributed by atoms with Crippen LogP contribution in [0.15, 0.2) is 71.2 Å². The molecule has 0 aliphatic rings. The number of ether oxygens (including phenoxy) is 1. The molecule has 144 valence electrons. The van der Waals surface area contributed by atoms with E-state index in [-0.39, 0.29) is 24.7 Å². The van der Waals surface area contributed by atoms with Crippen molar-refractivity contribution in [3.8, 4) is 5.75 Å². The number of hydrogen-bond acceptors (Lipinski definition) is 3. The van der Waals surface area contributed by atoms with Gasteiger partial charge in [-0.1, -0.05) is 64.5 Å². The zero-order valence-corrected chi connectivity index (χ0v) is 16.9. The minimum Gasteiger partial charge on any atom is -0.494 e. The summed E-state index contributed by atoms with van der Waals surface area (Å²) in [5.74, 6) is 0.248. The highest BCUT2D eigenvalue weighted by molar-refractivity contribution is 9.10. The molecule has 28 heavy (non-hydrogen) atoms. The Morgan fingerprint density at radius 3 is 2.50 bits per heavy atom. The van der Waals surface area contributed by atoms with E-state index in [0.29, 0.717) is 13.0 Å². The molecule has 0 heterocycles. The molecule has 3 rings (SSSR count). The Labute approximate surface area is 172 Å². The van der Waals surface area contributed by atoms with Crippen LogP contribution in [-0.4, -0.2) is 18.4 Å². The molecule has 2 N–H and O–H groups in total. The maximum Gasteiger partial charge on any atom is 0.242 e.